The lowest BCUT2D eigenvalue weighted by Gasteiger charge is -2.44. The van der Waals surface area contributed by atoms with Crippen molar-refractivity contribution in [1.29, 1.82) is 0 Å². The largest absolute Gasteiger partial charge is 0.462 e. The Morgan fingerprint density at radius 3 is 2.75 bits per heavy atom. The predicted octanol–water partition coefficient (Wildman–Crippen LogP) is 3.54. The van der Waals surface area contributed by atoms with Crippen LogP contribution in [-0.4, -0.2) is 12.1 Å². The fourth-order valence-electron chi connectivity index (χ4n) is 4.25. The molecule has 92 valence electrons. The monoisotopic (exact) mass is 224 g/mol. The van der Waals surface area contributed by atoms with Crippen molar-refractivity contribution in [2.24, 2.45) is 17.3 Å². The third-order valence-corrected chi connectivity index (χ3v) is 5.07. The van der Waals surface area contributed by atoms with Crippen molar-refractivity contribution in [1.82, 2.24) is 0 Å². The molecule has 0 amide bonds. The molecule has 0 heterocycles. The summed E-state index contributed by atoms with van der Waals surface area (Å²) in [6.07, 6.45) is 7.70. The van der Waals surface area contributed by atoms with Gasteiger partial charge in [0.25, 0.3) is 0 Å². The quantitative estimate of drug-likeness (QED) is 0.671. The van der Waals surface area contributed by atoms with Crippen LogP contribution in [0, 0.1) is 17.3 Å². The predicted molar refractivity (Wildman–Crippen MR) is 64.0 cm³/mol. The number of carbonyl (C=O) groups excluding carboxylic acids is 1. The molecule has 16 heavy (non-hydrogen) atoms. The van der Waals surface area contributed by atoms with Crippen LogP contribution in [-0.2, 0) is 9.53 Å². The highest BCUT2D eigenvalue weighted by Crippen LogP contribution is 2.57. The third-order valence-electron chi connectivity index (χ3n) is 5.07. The van der Waals surface area contributed by atoms with Crippen LogP contribution in [0.15, 0.2) is 0 Å². The first kappa shape index (κ1) is 11.9. The number of rotatable bonds is 2. The zero-order chi connectivity index (χ0) is 11.8. The van der Waals surface area contributed by atoms with E-state index in [1.54, 1.807) is 0 Å². The number of carbonyl (C=O) groups is 1. The summed E-state index contributed by atoms with van der Waals surface area (Å²) in [6, 6.07) is 0. The number of ether oxygens (including phenoxy) is 1. The van der Waals surface area contributed by atoms with Gasteiger partial charge in [-0.05, 0) is 43.4 Å². The van der Waals surface area contributed by atoms with Gasteiger partial charge in [-0.15, -0.1) is 0 Å². The van der Waals surface area contributed by atoms with Crippen LogP contribution < -0.4 is 0 Å². The Morgan fingerprint density at radius 1 is 1.38 bits per heavy atom. The van der Waals surface area contributed by atoms with Gasteiger partial charge in [-0.3, -0.25) is 4.79 Å². The Bertz CT molecular complexity index is 274. The van der Waals surface area contributed by atoms with Crippen LogP contribution in [0.2, 0.25) is 0 Å². The van der Waals surface area contributed by atoms with Crippen LogP contribution in [0.5, 0.6) is 0 Å². The average Bonchev–Trinajstić information content (AvgIpc) is 2.54. The summed E-state index contributed by atoms with van der Waals surface area (Å²) in [4.78, 5) is 11.1. The van der Waals surface area contributed by atoms with Gasteiger partial charge in [0.2, 0.25) is 0 Å². The number of hydrogen-bond donors (Lipinski definition) is 0. The van der Waals surface area contributed by atoms with Gasteiger partial charge in [0.15, 0.2) is 0 Å². The van der Waals surface area contributed by atoms with E-state index in [4.69, 9.17) is 4.74 Å². The fourth-order valence-corrected chi connectivity index (χ4v) is 4.25. The van der Waals surface area contributed by atoms with Crippen molar-refractivity contribution >= 4 is 5.97 Å². The van der Waals surface area contributed by atoms with Gasteiger partial charge < -0.3 is 4.74 Å². The van der Waals surface area contributed by atoms with Gasteiger partial charge in [-0.2, -0.15) is 0 Å². The van der Waals surface area contributed by atoms with E-state index >= 15 is 0 Å². The van der Waals surface area contributed by atoms with E-state index < -0.39 is 0 Å². The minimum Gasteiger partial charge on any atom is -0.462 e. The molecule has 2 saturated carbocycles. The van der Waals surface area contributed by atoms with Gasteiger partial charge in [0, 0.05) is 12.8 Å². The van der Waals surface area contributed by atoms with E-state index in [1.165, 1.54) is 39.0 Å². The molecular weight excluding hydrogens is 200 g/mol. The van der Waals surface area contributed by atoms with Gasteiger partial charge in [0.1, 0.15) is 6.10 Å². The van der Waals surface area contributed by atoms with Gasteiger partial charge in [-0.25, -0.2) is 0 Å². The average molecular weight is 224 g/mol. The van der Waals surface area contributed by atoms with Crippen molar-refractivity contribution < 1.29 is 9.53 Å². The molecule has 0 aromatic heterocycles. The smallest absolute Gasteiger partial charge is 0.302 e. The molecule has 4 atom stereocenters. The maximum absolute atomic E-state index is 11.1. The van der Waals surface area contributed by atoms with E-state index in [1.807, 2.05) is 0 Å². The van der Waals surface area contributed by atoms with Gasteiger partial charge >= 0.3 is 5.97 Å². The summed E-state index contributed by atoms with van der Waals surface area (Å²) in [6.45, 7) is 6.26. The molecule has 0 saturated heterocycles. The zero-order valence-electron chi connectivity index (χ0n) is 10.8. The highest BCUT2D eigenvalue weighted by Gasteiger charge is 2.51. The summed E-state index contributed by atoms with van der Waals surface area (Å²) in [5, 5.41) is 0. The first-order valence-electron chi connectivity index (χ1n) is 6.75. The first-order valence-corrected chi connectivity index (χ1v) is 6.75. The number of fused-ring (bicyclic) bond motifs is 1. The molecule has 2 unspecified atom stereocenters. The standard InChI is InChI=1S/C14H24O2/c1-4-11-7-8-12-13(16-10(2)15)6-5-9-14(11,12)3/h11-13H,4-9H2,1-3H3/t11?,12?,13-,14+/m0/s1. The van der Waals surface area contributed by atoms with E-state index in [0.717, 1.165) is 12.3 Å². The van der Waals surface area contributed by atoms with Crippen LogP contribution in [0.1, 0.15) is 59.3 Å². The van der Waals surface area contributed by atoms with Crippen molar-refractivity contribution in [3.63, 3.8) is 0 Å². The van der Waals surface area contributed by atoms with Gasteiger partial charge in [-0.1, -0.05) is 20.3 Å². The van der Waals surface area contributed by atoms with E-state index in [2.05, 4.69) is 13.8 Å². The van der Waals surface area contributed by atoms with Crippen LogP contribution >= 0.6 is 0 Å². The molecule has 0 aliphatic heterocycles. The van der Waals surface area contributed by atoms with Gasteiger partial charge in [0.05, 0.1) is 0 Å². The summed E-state index contributed by atoms with van der Waals surface area (Å²) in [7, 11) is 0. The number of esters is 1. The molecule has 0 bridgehead atoms. The summed E-state index contributed by atoms with van der Waals surface area (Å²) < 4.78 is 5.52. The molecule has 0 aromatic rings. The van der Waals surface area contributed by atoms with Crippen molar-refractivity contribution in [3.05, 3.63) is 0 Å². The minimum absolute atomic E-state index is 0.103. The summed E-state index contributed by atoms with van der Waals surface area (Å²) in [5.74, 6) is 1.36. The van der Waals surface area contributed by atoms with E-state index in [-0.39, 0.29) is 12.1 Å². The number of hydrogen-bond acceptors (Lipinski definition) is 2. The Balaban J connectivity index is 2.13. The zero-order valence-corrected chi connectivity index (χ0v) is 10.8. The third kappa shape index (κ3) is 1.87. The van der Waals surface area contributed by atoms with E-state index in [0.29, 0.717) is 11.3 Å². The molecule has 2 nitrogen and oxygen atoms in total. The lowest BCUT2D eigenvalue weighted by atomic mass is 9.64. The Hall–Kier alpha value is -0.530. The topological polar surface area (TPSA) is 26.3 Å². The maximum atomic E-state index is 11.1. The van der Waals surface area contributed by atoms with Crippen molar-refractivity contribution in [3.8, 4) is 0 Å². The molecular formula is C14H24O2. The molecule has 2 aliphatic carbocycles. The maximum Gasteiger partial charge on any atom is 0.302 e. The Labute approximate surface area is 98.7 Å². The van der Waals surface area contributed by atoms with Crippen LogP contribution in [0.3, 0.4) is 0 Å². The highest BCUT2D eigenvalue weighted by atomic mass is 16.5. The molecule has 2 fully saturated rings. The second kappa shape index (κ2) is 4.38. The highest BCUT2D eigenvalue weighted by molar-refractivity contribution is 5.66. The second-order valence-electron chi connectivity index (χ2n) is 5.83. The summed E-state index contributed by atoms with van der Waals surface area (Å²) in [5.41, 5.74) is 0.438. The lowest BCUT2D eigenvalue weighted by Crippen LogP contribution is -2.41. The van der Waals surface area contributed by atoms with Crippen LogP contribution in [0.25, 0.3) is 0 Å². The fraction of sp³-hybridized carbons (Fsp3) is 0.929. The molecule has 0 radical (unpaired) electrons. The second-order valence-corrected chi connectivity index (χ2v) is 5.83. The Morgan fingerprint density at radius 2 is 2.12 bits per heavy atom. The summed E-state index contributed by atoms with van der Waals surface area (Å²) >= 11 is 0. The van der Waals surface area contributed by atoms with Crippen LogP contribution in [0.4, 0.5) is 0 Å². The molecule has 2 rings (SSSR count). The van der Waals surface area contributed by atoms with Crippen molar-refractivity contribution in [2.45, 2.75) is 65.4 Å². The molecule has 2 heteroatoms. The molecule has 0 N–H and O–H groups in total. The van der Waals surface area contributed by atoms with Crippen molar-refractivity contribution in [2.75, 3.05) is 0 Å². The minimum atomic E-state index is -0.103. The normalized spacial score (nSPS) is 42.8. The molecule has 0 aromatic carbocycles. The van der Waals surface area contributed by atoms with E-state index in [9.17, 15) is 4.79 Å². The lowest BCUT2D eigenvalue weighted by molar-refractivity contribution is -0.155. The molecule has 2 aliphatic rings. The SMILES string of the molecule is CCC1CCC2[C@@H](OC(C)=O)CCC[C@]12C. The first-order chi connectivity index (χ1) is 7.58. The molecule has 0 spiro atoms. The Kier molecular flexibility index (Phi) is 3.27.